The Bertz CT molecular complexity index is 599. The molecule has 7 nitrogen and oxygen atoms in total. The lowest BCUT2D eigenvalue weighted by Gasteiger charge is -2.15. The third kappa shape index (κ3) is 6.11. The van der Waals surface area contributed by atoms with Crippen LogP contribution in [0.1, 0.15) is 18.9 Å². The molecule has 2 heterocycles. The van der Waals surface area contributed by atoms with Gasteiger partial charge >= 0.3 is 0 Å². The molecule has 1 atom stereocenters. The summed E-state index contributed by atoms with van der Waals surface area (Å²) in [7, 11) is -2.88. The minimum Gasteiger partial charge on any atom is -0.357 e. The van der Waals surface area contributed by atoms with Crippen molar-refractivity contribution in [2.45, 2.75) is 32.9 Å². The van der Waals surface area contributed by atoms with Crippen LogP contribution in [0.15, 0.2) is 17.4 Å². The molecule has 22 heavy (non-hydrogen) atoms. The first kappa shape index (κ1) is 19.2. The molecular weight excluding hydrogens is 417 g/mol. The van der Waals surface area contributed by atoms with Crippen molar-refractivity contribution in [3.63, 3.8) is 0 Å². The van der Waals surface area contributed by atoms with Crippen LogP contribution < -0.4 is 10.6 Å². The fourth-order valence-corrected chi connectivity index (χ4v) is 3.95. The fourth-order valence-electron chi connectivity index (χ4n) is 2.28. The summed E-state index contributed by atoms with van der Waals surface area (Å²) in [5.74, 6) is 1.12. The molecule has 126 valence electrons. The number of halogens is 1. The summed E-state index contributed by atoms with van der Waals surface area (Å²) in [4.78, 5) is 4.47. The number of aliphatic imine (C=N–C) groups is 1. The third-order valence-electron chi connectivity index (χ3n) is 3.28. The number of sulfone groups is 1. The lowest BCUT2D eigenvalue weighted by Crippen LogP contribution is -2.44. The number of nitrogens with one attached hydrogen (secondary N) is 2. The first-order valence-corrected chi connectivity index (χ1v) is 9.05. The highest BCUT2D eigenvalue weighted by Gasteiger charge is 2.28. The van der Waals surface area contributed by atoms with Crippen molar-refractivity contribution >= 4 is 39.8 Å². The van der Waals surface area contributed by atoms with Gasteiger partial charge in [-0.15, -0.1) is 24.0 Å². The van der Waals surface area contributed by atoms with E-state index in [9.17, 15) is 8.42 Å². The summed E-state index contributed by atoms with van der Waals surface area (Å²) in [6.07, 6.45) is 4.43. The van der Waals surface area contributed by atoms with Crippen molar-refractivity contribution in [2.24, 2.45) is 4.99 Å². The van der Waals surface area contributed by atoms with E-state index < -0.39 is 9.84 Å². The highest BCUT2D eigenvalue weighted by molar-refractivity contribution is 14.0. The van der Waals surface area contributed by atoms with E-state index in [0.29, 0.717) is 25.5 Å². The van der Waals surface area contributed by atoms with E-state index in [0.717, 1.165) is 12.1 Å². The van der Waals surface area contributed by atoms with E-state index >= 15 is 0 Å². The highest BCUT2D eigenvalue weighted by atomic mass is 127. The van der Waals surface area contributed by atoms with Crippen LogP contribution in [-0.2, 0) is 16.4 Å². The molecule has 0 aromatic carbocycles. The van der Waals surface area contributed by atoms with Crippen molar-refractivity contribution in [1.82, 2.24) is 20.4 Å². The van der Waals surface area contributed by atoms with E-state index in [1.807, 2.05) is 30.9 Å². The highest BCUT2D eigenvalue weighted by Crippen LogP contribution is 2.10. The second-order valence-electron chi connectivity index (χ2n) is 5.29. The molecule has 0 radical (unpaired) electrons. The predicted molar refractivity (Wildman–Crippen MR) is 98.6 cm³/mol. The zero-order valence-corrected chi connectivity index (χ0v) is 16.1. The zero-order valence-electron chi connectivity index (χ0n) is 12.9. The Morgan fingerprint density at radius 2 is 2.32 bits per heavy atom. The molecule has 0 amide bonds. The van der Waals surface area contributed by atoms with Gasteiger partial charge in [-0.05, 0) is 25.8 Å². The number of nitrogens with zero attached hydrogens (tertiary/aromatic N) is 3. The number of hydrogen-bond acceptors (Lipinski definition) is 4. The van der Waals surface area contributed by atoms with Crippen LogP contribution in [-0.4, -0.2) is 54.8 Å². The molecule has 0 aliphatic carbocycles. The van der Waals surface area contributed by atoms with Gasteiger partial charge in [0.05, 0.1) is 30.8 Å². The van der Waals surface area contributed by atoms with E-state index in [1.54, 1.807) is 0 Å². The van der Waals surface area contributed by atoms with Crippen molar-refractivity contribution < 1.29 is 8.42 Å². The molecule has 0 bridgehead atoms. The average Bonchev–Trinajstić information content (AvgIpc) is 2.96. The molecule has 1 aliphatic heterocycles. The standard InChI is InChI=1S/C13H23N5O2S.HI/c1-3-14-13(17-12-4-7-21(19,20)10-12)15-5-6-18-9-11(2)8-16-18;/h8-9,12H,3-7,10H2,1-2H3,(H2,14,15,17);1H. The molecule has 0 saturated carbocycles. The van der Waals surface area contributed by atoms with Crippen LogP contribution in [0.4, 0.5) is 0 Å². The van der Waals surface area contributed by atoms with E-state index in [2.05, 4.69) is 20.7 Å². The molecule has 1 aliphatic rings. The van der Waals surface area contributed by atoms with Crippen molar-refractivity contribution in [3.8, 4) is 0 Å². The van der Waals surface area contributed by atoms with Gasteiger partial charge in [-0.3, -0.25) is 9.67 Å². The van der Waals surface area contributed by atoms with Gasteiger partial charge in [0.15, 0.2) is 15.8 Å². The fraction of sp³-hybridized carbons (Fsp3) is 0.692. The van der Waals surface area contributed by atoms with Crippen LogP contribution in [0.3, 0.4) is 0 Å². The Balaban J connectivity index is 0.00000242. The van der Waals surface area contributed by atoms with Crippen molar-refractivity contribution in [3.05, 3.63) is 18.0 Å². The van der Waals surface area contributed by atoms with Crippen molar-refractivity contribution in [1.29, 1.82) is 0 Å². The lowest BCUT2D eigenvalue weighted by atomic mass is 10.3. The largest absolute Gasteiger partial charge is 0.357 e. The van der Waals surface area contributed by atoms with Crippen LogP contribution in [0.2, 0.25) is 0 Å². The summed E-state index contributed by atoms with van der Waals surface area (Å²) < 4.78 is 24.8. The molecule has 1 unspecified atom stereocenters. The Morgan fingerprint density at radius 1 is 1.55 bits per heavy atom. The molecular formula is C13H24IN5O2S. The summed E-state index contributed by atoms with van der Waals surface area (Å²) in [6.45, 7) is 6.02. The van der Waals surface area contributed by atoms with Gasteiger partial charge in [0, 0.05) is 18.8 Å². The van der Waals surface area contributed by atoms with Gasteiger partial charge in [-0.2, -0.15) is 5.10 Å². The molecule has 9 heteroatoms. The molecule has 1 aromatic heterocycles. The summed E-state index contributed by atoms with van der Waals surface area (Å²) in [5, 5.41) is 10.5. The van der Waals surface area contributed by atoms with Gasteiger partial charge in [0.1, 0.15) is 0 Å². The molecule has 1 fully saturated rings. The second kappa shape index (κ2) is 8.70. The third-order valence-corrected chi connectivity index (χ3v) is 5.05. The number of rotatable bonds is 5. The topological polar surface area (TPSA) is 88.4 Å². The quantitative estimate of drug-likeness (QED) is 0.396. The van der Waals surface area contributed by atoms with Crippen LogP contribution in [0.5, 0.6) is 0 Å². The summed E-state index contributed by atoms with van der Waals surface area (Å²) >= 11 is 0. The van der Waals surface area contributed by atoms with Gasteiger partial charge in [0.25, 0.3) is 0 Å². The Morgan fingerprint density at radius 3 is 2.86 bits per heavy atom. The van der Waals surface area contributed by atoms with Gasteiger partial charge in [-0.1, -0.05) is 0 Å². The average molecular weight is 441 g/mol. The van der Waals surface area contributed by atoms with E-state index in [4.69, 9.17) is 0 Å². The Hall–Kier alpha value is -0.840. The van der Waals surface area contributed by atoms with E-state index in [1.165, 1.54) is 0 Å². The summed E-state index contributed by atoms with van der Waals surface area (Å²) in [5.41, 5.74) is 1.13. The molecule has 0 spiro atoms. The van der Waals surface area contributed by atoms with Crippen LogP contribution in [0, 0.1) is 6.92 Å². The smallest absolute Gasteiger partial charge is 0.191 e. The number of guanidine groups is 1. The first-order valence-electron chi connectivity index (χ1n) is 7.23. The Kier molecular flexibility index (Phi) is 7.60. The molecule has 1 saturated heterocycles. The van der Waals surface area contributed by atoms with Gasteiger partial charge in [-0.25, -0.2) is 8.42 Å². The molecule has 1 aromatic rings. The van der Waals surface area contributed by atoms with Gasteiger partial charge < -0.3 is 10.6 Å². The lowest BCUT2D eigenvalue weighted by molar-refractivity contribution is 0.598. The maximum Gasteiger partial charge on any atom is 0.191 e. The number of aryl methyl sites for hydroxylation is 1. The Labute approximate surface area is 148 Å². The predicted octanol–water partition coefficient (Wildman–Crippen LogP) is 0.552. The monoisotopic (exact) mass is 441 g/mol. The molecule has 2 rings (SSSR count). The second-order valence-corrected chi connectivity index (χ2v) is 7.51. The van der Waals surface area contributed by atoms with Crippen LogP contribution >= 0.6 is 24.0 Å². The number of aromatic nitrogens is 2. The summed E-state index contributed by atoms with van der Waals surface area (Å²) in [6, 6.07) is -0.0419. The maximum absolute atomic E-state index is 11.5. The zero-order chi connectivity index (χ0) is 15.3. The molecule has 2 N–H and O–H groups in total. The minimum atomic E-state index is -2.88. The first-order chi connectivity index (χ1) is 9.98. The minimum absolute atomic E-state index is 0. The van der Waals surface area contributed by atoms with Crippen molar-refractivity contribution in [2.75, 3.05) is 24.6 Å². The van der Waals surface area contributed by atoms with Crippen LogP contribution in [0.25, 0.3) is 0 Å². The SMILES string of the molecule is CCNC(=NCCn1cc(C)cn1)NC1CCS(=O)(=O)C1.I. The normalized spacial score (nSPS) is 20.5. The number of hydrogen-bond donors (Lipinski definition) is 2. The maximum atomic E-state index is 11.5. The van der Waals surface area contributed by atoms with Gasteiger partial charge in [0.2, 0.25) is 0 Å². The van der Waals surface area contributed by atoms with E-state index in [-0.39, 0.29) is 41.5 Å².